The van der Waals surface area contributed by atoms with Crippen LogP contribution >= 0.6 is 0 Å². The van der Waals surface area contributed by atoms with Crippen LogP contribution in [0.25, 0.3) is 5.69 Å². The molecule has 1 N–H and O–H groups in total. The molecule has 1 unspecified atom stereocenters. The van der Waals surface area contributed by atoms with Crippen molar-refractivity contribution in [3.05, 3.63) is 36.2 Å². The van der Waals surface area contributed by atoms with Gasteiger partial charge in [-0.15, -0.1) is 5.10 Å². The summed E-state index contributed by atoms with van der Waals surface area (Å²) in [5.74, 6) is 0.827. The highest BCUT2D eigenvalue weighted by Crippen LogP contribution is 2.18. The summed E-state index contributed by atoms with van der Waals surface area (Å²) in [6.45, 7) is 5.88. The molecule has 1 heterocycles. The Morgan fingerprint density at radius 1 is 1.26 bits per heavy atom. The van der Waals surface area contributed by atoms with Gasteiger partial charge in [-0.2, -0.15) is 0 Å². The topological polar surface area (TPSA) is 60.2 Å². The van der Waals surface area contributed by atoms with Crippen LogP contribution in [-0.4, -0.2) is 26.2 Å². The molecule has 5 nitrogen and oxygen atoms in total. The summed E-state index contributed by atoms with van der Waals surface area (Å²) >= 11 is 0. The van der Waals surface area contributed by atoms with Crippen LogP contribution < -0.4 is 4.74 Å². The van der Waals surface area contributed by atoms with Gasteiger partial charge in [0.2, 0.25) is 0 Å². The third-order valence-corrected chi connectivity index (χ3v) is 2.71. The first-order valence-electron chi connectivity index (χ1n) is 6.47. The molecule has 0 fully saturated rings. The van der Waals surface area contributed by atoms with Gasteiger partial charge in [-0.1, -0.05) is 12.1 Å². The molecule has 0 spiro atoms. The molecule has 2 rings (SSSR count). The van der Waals surface area contributed by atoms with Crippen LogP contribution in [0.5, 0.6) is 5.75 Å². The van der Waals surface area contributed by atoms with Gasteiger partial charge in [0.25, 0.3) is 0 Å². The summed E-state index contributed by atoms with van der Waals surface area (Å²) in [4.78, 5) is 0. The Bertz CT molecular complexity index is 520. The number of ether oxygens (including phenoxy) is 1. The molecule has 1 aromatic heterocycles. The second-order valence-electron chi connectivity index (χ2n) is 4.67. The molecule has 1 atom stereocenters. The van der Waals surface area contributed by atoms with E-state index in [9.17, 15) is 5.11 Å². The minimum absolute atomic E-state index is 0.156. The molecule has 2 aromatic rings. The standard InChI is InChI=1S/C14H19N3O2/c1-4-14(18)13-9-17(16-15-13)11-5-7-12(8-6-11)19-10(2)3/h5-10,14,18H,4H2,1-3H3. The average Bonchev–Trinajstić information content (AvgIpc) is 2.87. The van der Waals surface area contributed by atoms with Crippen LogP contribution in [0.2, 0.25) is 0 Å². The highest BCUT2D eigenvalue weighted by Gasteiger charge is 2.10. The summed E-state index contributed by atoms with van der Waals surface area (Å²) < 4.78 is 7.23. The summed E-state index contributed by atoms with van der Waals surface area (Å²) in [5.41, 5.74) is 1.48. The van der Waals surface area contributed by atoms with Gasteiger partial charge in [0, 0.05) is 0 Å². The Hall–Kier alpha value is -1.88. The average molecular weight is 261 g/mol. The molecule has 1 aromatic carbocycles. The second kappa shape index (κ2) is 5.84. The number of hydrogen-bond donors (Lipinski definition) is 1. The number of aliphatic hydroxyl groups is 1. The molecule has 5 heteroatoms. The maximum absolute atomic E-state index is 9.70. The van der Waals surface area contributed by atoms with E-state index in [0.29, 0.717) is 12.1 Å². The molecule has 0 aliphatic heterocycles. The number of aromatic nitrogens is 3. The van der Waals surface area contributed by atoms with E-state index in [4.69, 9.17) is 4.74 Å². The van der Waals surface area contributed by atoms with Crippen LogP contribution in [0, 0.1) is 0 Å². The Morgan fingerprint density at radius 3 is 2.53 bits per heavy atom. The van der Waals surface area contributed by atoms with E-state index in [0.717, 1.165) is 11.4 Å². The van der Waals surface area contributed by atoms with Gasteiger partial charge in [0.05, 0.1) is 24.1 Å². The van der Waals surface area contributed by atoms with E-state index in [1.165, 1.54) is 0 Å². The van der Waals surface area contributed by atoms with E-state index in [2.05, 4.69) is 10.3 Å². The molecule has 0 aliphatic rings. The summed E-state index contributed by atoms with van der Waals surface area (Å²) in [7, 11) is 0. The predicted octanol–water partition coefficient (Wildman–Crippen LogP) is 2.50. The lowest BCUT2D eigenvalue weighted by Crippen LogP contribution is -2.05. The van der Waals surface area contributed by atoms with Gasteiger partial charge in [0.15, 0.2) is 0 Å². The van der Waals surface area contributed by atoms with Gasteiger partial charge in [-0.25, -0.2) is 4.68 Å². The lowest BCUT2D eigenvalue weighted by Gasteiger charge is -2.09. The molecular formula is C14H19N3O2. The highest BCUT2D eigenvalue weighted by atomic mass is 16.5. The number of rotatable bonds is 5. The highest BCUT2D eigenvalue weighted by molar-refractivity contribution is 5.36. The first-order chi connectivity index (χ1) is 9.10. The Labute approximate surface area is 112 Å². The van der Waals surface area contributed by atoms with Gasteiger partial charge < -0.3 is 9.84 Å². The smallest absolute Gasteiger partial charge is 0.119 e. The number of hydrogen-bond acceptors (Lipinski definition) is 4. The third-order valence-electron chi connectivity index (χ3n) is 2.71. The number of aliphatic hydroxyl groups excluding tert-OH is 1. The van der Waals surface area contributed by atoms with Crippen molar-refractivity contribution in [3.63, 3.8) is 0 Å². The first-order valence-corrected chi connectivity index (χ1v) is 6.47. The van der Waals surface area contributed by atoms with Crippen molar-refractivity contribution in [2.75, 3.05) is 0 Å². The SMILES string of the molecule is CCC(O)c1cn(-c2ccc(OC(C)C)cc2)nn1. The van der Waals surface area contributed by atoms with E-state index in [1.54, 1.807) is 10.9 Å². The van der Waals surface area contributed by atoms with Crippen molar-refractivity contribution in [1.29, 1.82) is 0 Å². The van der Waals surface area contributed by atoms with Gasteiger partial charge in [-0.3, -0.25) is 0 Å². The molecule has 0 bridgehead atoms. The normalized spacial score (nSPS) is 12.7. The van der Waals surface area contributed by atoms with Gasteiger partial charge >= 0.3 is 0 Å². The fourth-order valence-corrected chi connectivity index (χ4v) is 1.71. The summed E-state index contributed by atoms with van der Waals surface area (Å²) in [5, 5.41) is 17.7. The zero-order valence-corrected chi connectivity index (χ0v) is 11.4. The van der Waals surface area contributed by atoms with Crippen molar-refractivity contribution in [2.45, 2.75) is 39.4 Å². The van der Waals surface area contributed by atoms with Crippen LogP contribution in [-0.2, 0) is 0 Å². The molecule has 0 saturated heterocycles. The molecule has 0 aliphatic carbocycles. The molecular weight excluding hydrogens is 242 g/mol. The second-order valence-corrected chi connectivity index (χ2v) is 4.67. The largest absolute Gasteiger partial charge is 0.491 e. The fourth-order valence-electron chi connectivity index (χ4n) is 1.71. The molecule has 0 saturated carbocycles. The van der Waals surface area contributed by atoms with Crippen molar-refractivity contribution >= 4 is 0 Å². The van der Waals surface area contributed by atoms with Gasteiger partial charge in [-0.05, 0) is 44.5 Å². The zero-order chi connectivity index (χ0) is 13.8. The van der Waals surface area contributed by atoms with Crippen LogP contribution in [0.15, 0.2) is 30.5 Å². The molecule has 19 heavy (non-hydrogen) atoms. The van der Waals surface area contributed by atoms with Crippen LogP contribution in [0.3, 0.4) is 0 Å². The summed E-state index contributed by atoms with van der Waals surface area (Å²) in [6, 6.07) is 7.61. The van der Waals surface area contributed by atoms with Crippen molar-refractivity contribution in [3.8, 4) is 11.4 Å². The van der Waals surface area contributed by atoms with Crippen LogP contribution in [0.1, 0.15) is 39.0 Å². The first kappa shape index (κ1) is 13.5. The Balaban J connectivity index is 2.15. The number of nitrogens with zero attached hydrogens (tertiary/aromatic N) is 3. The van der Waals surface area contributed by atoms with Crippen LogP contribution in [0.4, 0.5) is 0 Å². The minimum atomic E-state index is -0.558. The monoisotopic (exact) mass is 261 g/mol. The fraction of sp³-hybridized carbons (Fsp3) is 0.429. The Morgan fingerprint density at radius 2 is 1.95 bits per heavy atom. The molecule has 0 amide bonds. The summed E-state index contributed by atoms with van der Waals surface area (Å²) in [6.07, 6.45) is 1.97. The maximum atomic E-state index is 9.70. The number of benzene rings is 1. The van der Waals surface area contributed by atoms with E-state index in [1.807, 2.05) is 45.0 Å². The molecule has 102 valence electrons. The van der Waals surface area contributed by atoms with Crippen molar-refractivity contribution in [2.24, 2.45) is 0 Å². The predicted molar refractivity (Wildman–Crippen MR) is 72.4 cm³/mol. The lowest BCUT2D eigenvalue weighted by atomic mass is 10.2. The van der Waals surface area contributed by atoms with Crippen molar-refractivity contribution < 1.29 is 9.84 Å². The quantitative estimate of drug-likeness (QED) is 0.898. The third kappa shape index (κ3) is 3.32. The maximum Gasteiger partial charge on any atom is 0.119 e. The molecule has 0 radical (unpaired) electrons. The van der Waals surface area contributed by atoms with Gasteiger partial charge in [0.1, 0.15) is 11.4 Å². The Kier molecular flexibility index (Phi) is 4.16. The van der Waals surface area contributed by atoms with Crippen molar-refractivity contribution in [1.82, 2.24) is 15.0 Å². The zero-order valence-electron chi connectivity index (χ0n) is 11.4. The van der Waals surface area contributed by atoms with E-state index >= 15 is 0 Å². The van der Waals surface area contributed by atoms with E-state index < -0.39 is 6.10 Å². The minimum Gasteiger partial charge on any atom is -0.491 e. The van der Waals surface area contributed by atoms with E-state index in [-0.39, 0.29) is 6.10 Å². The lowest BCUT2D eigenvalue weighted by molar-refractivity contribution is 0.169.